The molecular weight excluding hydrogens is 242 g/mol. The molecule has 4 nitrogen and oxygen atoms in total. The lowest BCUT2D eigenvalue weighted by Crippen LogP contribution is -2.25. The number of carbonyl (C=O) groups excluding carboxylic acids is 1. The molecule has 0 unspecified atom stereocenters. The maximum atomic E-state index is 11.2. The van der Waals surface area contributed by atoms with Crippen molar-refractivity contribution >= 4 is 5.91 Å². The van der Waals surface area contributed by atoms with Gasteiger partial charge in [-0.3, -0.25) is 4.79 Å². The lowest BCUT2D eigenvalue weighted by Gasteiger charge is -2.23. The molecule has 1 atom stereocenters. The molecule has 0 aromatic heterocycles. The van der Waals surface area contributed by atoms with Crippen molar-refractivity contribution in [1.29, 1.82) is 0 Å². The summed E-state index contributed by atoms with van der Waals surface area (Å²) in [6, 6.07) is 7.85. The molecule has 1 amide bonds. The summed E-state index contributed by atoms with van der Waals surface area (Å²) in [4.78, 5) is 11.2. The highest BCUT2D eigenvalue weighted by Crippen LogP contribution is 2.23. The lowest BCUT2D eigenvalue weighted by molar-refractivity contribution is -0.122. The number of hydrogen-bond acceptors (Lipinski definition) is 3. The molecule has 0 saturated carbocycles. The Labute approximate surface area is 114 Å². The van der Waals surface area contributed by atoms with Gasteiger partial charge in [0.1, 0.15) is 5.75 Å². The van der Waals surface area contributed by atoms with Gasteiger partial charge in [-0.25, -0.2) is 0 Å². The van der Waals surface area contributed by atoms with Crippen LogP contribution in [0.3, 0.4) is 0 Å². The molecule has 4 heteroatoms. The number of carbonyl (C=O) groups is 1. The lowest BCUT2D eigenvalue weighted by atomic mass is 10.0. The molecule has 1 heterocycles. The van der Waals surface area contributed by atoms with Crippen LogP contribution in [0.4, 0.5) is 0 Å². The van der Waals surface area contributed by atoms with E-state index in [1.54, 1.807) is 7.05 Å². The summed E-state index contributed by atoms with van der Waals surface area (Å²) in [5.41, 5.74) is 1.11. The summed E-state index contributed by atoms with van der Waals surface area (Å²) in [6.07, 6.45) is 4.61. The Bertz CT molecular complexity index is 414. The van der Waals surface area contributed by atoms with Crippen LogP contribution in [-0.2, 0) is 16.0 Å². The fraction of sp³-hybridized carbons (Fsp3) is 0.533. The minimum Gasteiger partial charge on any atom is -0.483 e. The van der Waals surface area contributed by atoms with Gasteiger partial charge in [-0.15, -0.1) is 0 Å². The predicted molar refractivity (Wildman–Crippen MR) is 73.3 cm³/mol. The van der Waals surface area contributed by atoms with Crippen LogP contribution in [0.1, 0.15) is 24.8 Å². The molecule has 1 N–H and O–H groups in total. The Kier molecular flexibility index (Phi) is 5.21. The van der Waals surface area contributed by atoms with E-state index in [2.05, 4.69) is 5.32 Å². The molecule has 0 spiro atoms. The molecule has 1 fully saturated rings. The number of likely N-dealkylation sites (N-methyl/N-ethyl adjacent to an activating group) is 1. The molecule has 0 bridgehead atoms. The zero-order valence-corrected chi connectivity index (χ0v) is 11.4. The van der Waals surface area contributed by atoms with Gasteiger partial charge in [-0.2, -0.15) is 0 Å². The standard InChI is InChI=1S/C15H21NO3/c1-16-15(17)11-19-14-8-3-2-6-12(14)10-13-7-4-5-9-18-13/h2-3,6,8,13H,4-5,7,9-11H2,1H3,(H,16,17)/t13-/m0/s1. The third kappa shape index (κ3) is 4.24. The fourth-order valence-corrected chi connectivity index (χ4v) is 2.24. The molecule has 1 saturated heterocycles. The van der Waals surface area contributed by atoms with Crippen LogP contribution < -0.4 is 10.1 Å². The van der Waals surface area contributed by atoms with E-state index in [-0.39, 0.29) is 18.6 Å². The topological polar surface area (TPSA) is 47.6 Å². The van der Waals surface area contributed by atoms with Crippen molar-refractivity contribution in [1.82, 2.24) is 5.32 Å². The van der Waals surface area contributed by atoms with Gasteiger partial charge in [0.15, 0.2) is 6.61 Å². The SMILES string of the molecule is CNC(=O)COc1ccccc1C[C@@H]1CCCCO1. The maximum absolute atomic E-state index is 11.2. The second kappa shape index (κ2) is 7.14. The largest absolute Gasteiger partial charge is 0.483 e. The molecule has 1 aromatic carbocycles. The van der Waals surface area contributed by atoms with E-state index in [0.717, 1.165) is 37.2 Å². The highest BCUT2D eigenvalue weighted by atomic mass is 16.5. The third-order valence-corrected chi connectivity index (χ3v) is 3.33. The Morgan fingerprint density at radius 3 is 3.00 bits per heavy atom. The summed E-state index contributed by atoms with van der Waals surface area (Å²) in [5.74, 6) is 0.656. The molecule has 1 aromatic rings. The van der Waals surface area contributed by atoms with Crippen molar-refractivity contribution in [2.45, 2.75) is 31.8 Å². The zero-order valence-electron chi connectivity index (χ0n) is 11.4. The summed E-state index contributed by atoms with van der Waals surface area (Å²) in [6.45, 7) is 0.908. The van der Waals surface area contributed by atoms with Gasteiger partial charge < -0.3 is 14.8 Å². The van der Waals surface area contributed by atoms with Crippen LogP contribution in [0, 0.1) is 0 Å². The number of ether oxygens (including phenoxy) is 2. The fourth-order valence-electron chi connectivity index (χ4n) is 2.24. The van der Waals surface area contributed by atoms with E-state index in [1.165, 1.54) is 6.42 Å². The number of nitrogens with one attached hydrogen (secondary N) is 1. The smallest absolute Gasteiger partial charge is 0.257 e. The molecule has 104 valence electrons. The number of amides is 1. The van der Waals surface area contributed by atoms with Crippen LogP contribution in [0.2, 0.25) is 0 Å². The van der Waals surface area contributed by atoms with Gasteiger partial charge in [-0.05, 0) is 30.9 Å². The van der Waals surface area contributed by atoms with E-state index < -0.39 is 0 Å². The van der Waals surface area contributed by atoms with Gasteiger partial charge in [-0.1, -0.05) is 18.2 Å². The first kappa shape index (κ1) is 13.9. The number of para-hydroxylation sites is 1. The summed E-state index contributed by atoms with van der Waals surface area (Å²) in [7, 11) is 1.60. The average Bonchev–Trinajstić information content (AvgIpc) is 2.47. The van der Waals surface area contributed by atoms with Gasteiger partial charge in [0.2, 0.25) is 0 Å². The van der Waals surface area contributed by atoms with E-state index in [1.807, 2.05) is 24.3 Å². The van der Waals surface area contributed by atoms with Crippen LogP contribution in [0.5, 0.6) is 5.75 Å². The Balaban J connectivity index is 1.96. The zero-order chi connectivity index (χ0) is 13.5. The van der Waals surface area contributed by atoms with Crippen molar-refractivity contribution in [3.63, 3.8) is 0 Å². The summed E-state index contributed by atoms with van der Waals surface area (Å²) < 4.78 is 11.3. The van der Waals surface area contributed by atoms with E-state index in [9.17, 15) is 4.79 Å². The Hall–Kier alpha value is -1.55. The normalized spacial score (nSPS) is 18.9. The number of benzene rings is 1. The van der Waals surface area contributed by atoms with Crippen molar-refractivity contribution < 1.29 is 14.3 Å². The molecule has 1 aliphatic heterocycles. The highest BCUT2D eigenvalue weighted by molar-refractivity contribution is 5.77. The van der Waals surface area contributed by atoms with Crippen molar-refractivity contribution in [3.8, 4) is 5.75 Å². The van der Waals surface area contributed by atoms with Crippen molar-refractivity contribution in [2.24, 2.45) is 0 Å². The third-order valence-electron chi connectivity index (χ3n) is 3.33. The molecule has 0 aliphatic carbocycles. The number of hydrogen-bond donors (Lipinski definition) is 1. The second-order valence-electron chi connectivity index (χ2n) is 4.76. The van der Waals surface area contributed by atoms with E-state index in [0.29, 0.717) is 0 Å². The van der Waals surface area contributed by atoms with E-state index >= 15 is 0 Å². The van der Waals surface area contributed by atoms with Crippen molar-refractivity contribution in [3.05, 3.63) is 29.8 Å². The Morgan fingerprint density at radius 2 is 2.26 bits per heavy atom. The Morgan fingerprint density at radius 1 is 1.42 bits per heavy atom. The minimum atomic E-state index is -0.122. The predicted octanol–water partition coefficient (Wildman–Crippen LogP) is 1.92. The van der Waals surface area contributed by atoms with Gasteiger partial charge >= 0.3 is 0 Å². The maximum Gasteiger partial charge on any atom is 0.257 e. The minimum absolute atomic E-state index is 0.0546. The van der Waals surface area contributed by atoms with Crippen LogP contribution in [-0.4, -0.2) is 32.3 Å². The van der Waals surface area contributed by atoms with Gasteiger partial charge in [0, 0.05) is 20.1 Å². The van der Waals surface area contributed by atoms with Crippen LogP contribution >= 0.6 is 0 Å². The quantitative estimate of drug-likeness (QED) is 0.883. The molecule has 1 aliphatic rings. The highest BCUT2D eigenvalue weighted by Gasteiger charge is 2.16. The monoisotopic (exact) mass is 263 g/mol. The molecular formula is C15H21NO3. The second-order valence-corrected chi connectivity index (χ2v) is 4.76. The van der Waals surface area contributed by atoms with Gasteiger partial charge in [0.25, 0.3) is 5.91 Å². The van der Waals surface area contributed by atoms with Crippen molar-refractivity contribution in [2.75, 3.05) is 20.3 Å². The van der Waals surface area contributed by atoms with Crippen LogP contribution in [0.15, 0.2) is 24.3 Å². The molecule has 2 rings (SSSR count). The van der Waals surface area contributed by atoms with Gasteiger partial charge in [0.05, 0.1) is 6.10 Å². The molecule has 0 radical (unpaired) electrons. The molecule has 19 heavy (non-hydrogen) atoms. The number of rotatable bonds is 5. The van der Waals surface area contributed by atoms with Crippen LogP contribution in [0.25, 0.3) is 0 Å². The first-order chi connectivity index (χ1) is 9.29. The first-order valence-corrected chi connectivity index (χ1v) is 6.82. The summed E-state index contributed by atoms with van der Waals surface area (Å²) >= 11 is 0. The van der Waals surface area contributed by atoms with E-state index in [4.69, 9.17) is 9.47 Å². The first-order valence-electron chi connectivity index (χ1n) is 6.82. The average molecular weight is 263 g/mol. The summed E-state index contributed by atoms with van der Waals surface area (Å²) in [5, 5.41) is 2.55.